The molecule has 1 atom stereocenters. The van der Waals surface area contributed by atoms with Crippen LogP contribution in [0.2, 0.25) is 5.02 Å². The second-order valence-corrected chi connectivity index (χ2v) is 21.1. The Morgan fingerprint density at radius 3 is 2.44 bits per heavy atom. The smallest absolute Gasteiger partial charge is 0.415 e. The standard InChI is InChI=1S/C54H64ClN11O7/c1-6-54(71)42-27-46-49-35(30-66(46)51(68)41(42)32-72-52(54)69)25-39-40(31-60(2)3)47(15-13-44(39)58-49)73-53(70)65-23-21-63(22-24-65)29-33-17-19-64(20-18-33)48-16-14-45(62(5)59-48)50(67)57-36-8-11-37(12-9-36)61(4)38-10-7-34(28-56)43(55)26-38/h7,10,13-16,25-27,33,36-37,59,71H,6,8-9,11-12,17-24,29-32H2,1-5H3,(H,57,67)/t36?,37?,54-/m0/s1. The van der Waals surface area contributed by atoms with E-state index in [4.69, 9.17) is 26.1 Å². The zero-order valence-electron chi connectivity index (χ0n) is 42.2. The average molecular weight is 1010 g/mol. The van der Waals surface area contributed by atoms with E-state index in [1.54, 1.807) is 34.6 Å². The minimum atomic E-state index is -1.91. The first kappa shape index (κ1) is 49.9. The zero-order valence-corrected chi connectivity index (χ0v) is 43.0. The van der Waals surface area contributed by atoms with Gasteiger partial charge in [0.05, 0.1) is 39.6 Å². The van der Waals surface area contributed by atoms with Gasteiger partial charge in [0.2, 0.25) is 0 Å². The van der Waals surface area contributed by atoms with E-state index >= 15 is 0 Å². The molecule has 19 heteroatoms. The molecule has 1 saturated carbocycles. The van der Waals surface area contributed by atoms with E-state index in [0.717, 1.165) is 99.3 Å². The number of likely N-dealkylation sites (tertiary alicyclic amines) is 1. The molecule has 2 aromatic heterocycles. The number of nitrogens with zero attached hydrogens (tertiary/aromatic N) is 9. The number of hydrogen-bond donors (Lipinski definition) is 3. The highest BCUT2D eigenvalue weighted by atomic mass is 35.5. The van der Waals surface area contributed by atoms with Crippen molar-refractivity contribution in [2.45, 2.75) is 89.3 Å². The predicted octanol–water partition coefficient (Wildman–Crippen LogP) is 5.23. The SMILES string of the molecule is CC[C@@]1(O)C(=O)OCc2c1cc1n(c2=O)Cc2cc3c(CN(C)C)c(OC(=O)N4CCN(CC5CCN(C6=CC=C(C(=O)NC7CCC(N(C)c8ccc(C#N)c(Cl)c8)CC7)N(C)N6)CC5)CC4)ccc3nc2-1. The van der Waals surface area contributed by atoms with Crippen molar-refractivity contribution in [2.75, 3.05) is 78.9 Å². The topological polar surface area (TPSA) is 192 Å². The first-order valence-corrected chi connectivity index (χ1v) is 25.9. The number of piperidine rings is 1. The van der Waals surface area contributed by atoms with Gasteiger partial charge in [0.25, 0.3) is 11.5 Å². The number of anilines is 1. The number of nitrogens with one attached hydrogen (secondary N) is 2. The number of allylic oxidation sites excluding steroid dienone is 2. The van der Waals surface area contributed by atoms with Crippen molar-refractivity contribution in [3.8, 4) is 23.2 Å². The van der Waals surface area contributed by atoms with Gasteiger partial charge < -0.3 is 44.1 Å². The fourth-order valence-electron chi connectivity index (χ4n) is 11.5. The number of nitriles is 1. The Labute approximate surface area is 430 Å². The number of hydrogen-bond acceptors (Lipinski definition) is 15. The molecule has 2 amide bonds. The summed E-state index contributed by atoms with van der Waals surface area (Å²) in [5.74, 6) is 1.13. The Bertz CT molecular complexity index is 3020. The summed E-state index contributed by atoms with van der Waals surface area (Å²) in [7, 11) is 7.85. The number of rotatable bonds is 11. The van der Waals surface area contributed by atoms with Gasteiger partial charge in [-0.25, -0.2) is 14.6 Å². The molecule has 7 heterocycles. The van der Waals surface area contributed by atoms with Crippen molar-refractivity contribution in [2.24, 2.45) is 5.92 Å². The molecule has 0 radical (unpaired) electrons. The van der Waals surface area contributed by atoms with Gasteiger partial charge in [0.1, 0.15) is 29.9 Å². The molecule has 2 saturated heterocycles. The number of halogens is 1. The zero-order chi connectivity index (χ0) is 51.3. The summed E-state index contributed by atoms with van der Waals surface area (Å²) >= 11 is 6.30. The minimum absolute atomic E-state index is 0.0658. The maximum atomic E-state index is 13.8. The highest BCUT2D eigenvalue weighted by molar-refractivity contribution is 6.32. The van der Waals surface area contributed by atoms with Crippen LogP contribution in [0.25, 0.3) is 22.3 Å². The van der Waals surface area contributed by atoms with E-state index in [-0.39, 0.29) is 48.2 Å². The molecular formula is C54H64ClN11O7. The van der Waals surface area contributed by atoms with Gasteiger partial charge >= 0.3 is 12.1 Å². The number of carbonyl (C=O) groups excluding carboxylic acids is 3. The monoisotopic (exact) mass is 1010 g/mol. The lowest BCUT2D eigenvalue weighted by Crippen LogP contribution is -2.52. The molecule has 0 unspecified atom stereocenters. The van der Waals surface area contributed by atoms with Crippen LogP contribution in [-0.4, -0.2) is 143 Å². The molecular weight excluding hydrogens is 950 g/mol. The number of likely N-dealkylation sites (N-methyl/N-ethyl adjacent to an activating group) is 1. The molecule has 0 spiro atoms. The van der Waals surface area contributed by atoms with E-state index in [1.165, 1.54) is 0 Å². The fourth-order valence-corrected chi connectivity index (χ4v) is 11.7. The Kier molecular flexibility index (Phi) is 13.9. The lowest BCUT2D eigenvalue weighted by Gasteiger charge is -2.41. The van der Waals surface area contributed by atoms with Crippen LogP contribution in [0.3, 0.4) is 0 Å². The molecule has 2 aromatic carbocycles. The van der Waals surface area contributed by atoms with Gasteiger partial charge in [-0.2, -0.15) is 5.26 Å². The number of fused-ring (bicyclic) bond motifs is 5. The van der Waals surface area contributed by atoms with Crippen molar-refractivity contribution in [1.29, 1.82) is 5.26 Å². The van der Waals surface area contributed by atoms with Crippen molar-refractivity contribution in [3.63, 3.8) is 0 Å². The van der Waals surface area contributed by atoms with Gasteiger partial charge in [-0.15, -0.1) is 0 Å². The predicted molar refractivity (Wildman–Crippen MR) is 276 cm³/mol. The van der Waals surface area contributed by atoms with Crippen LogP contribution in [0, 0.1) is 17.2 Å². The highest BCUT2D eigenvalue weighted by Gasteiger charge is 2.45. The molecule has 384 valence electrons. The van der Waals surface area contributed by atoms with E-state index < -0.39 is 17.7 Å². The van der Waals surface area contributed by atoms with Crippen LogP contribution in [-0.2, 0) is 39.6 Å². The third-order valence-electron chi connectivity index (χ3n) is 15.9. The summed E-state index contributed by atoms with van der Waals surface area (Å²) in [5, 5.41) is 26.9. The van der Waals surface area contributed by atoms with Gasteiger partial charge in [-0.1, -0.05) is 18.5 Å². The molecule has 3 fully saturated rings. The molecule has 18 nitrogen and oxygen atoms in total. The quantitative estimate of drug-likeness (QED) is 0.146. The van der Waals surface area contributed by atoms with Crippen molar-refractivity contribution in [1.82, 2.24) is 44.9 Å². The highest BCUT2D eigenvalue weighted by Crippen LogP contribution is 2.40. The Morgan fingerprint density at radius 2 is 1.75 bits per heavy atom. The van der Waals surface area contributed by atoms with Crippen molar-refractivity contribution >= 4 is 46.2 Å². The van der Waals surface area contributed by atoms with Gasteiger partial charge in [0.15, 0.2) is 5.60 Å². The normalized spacial score (nSPS) is 22.1. The number of amides is 2. The molecule has 10 rings (SSSR count). The number of hydrazine groups is 1. The third kappa shape index (κ3) is 9.71. The first-order chi connectivity index (χ1) is 35.1. The summed E-state index contributed by atoms with van der Waals surface area (Å²) < 4.78 is 13.0. The average Bonchev–Trinajstić information content (AvgIpc) is 3.76. The number of aromatic nitrogens is 2. The summed E-state index contributed by atoms with van der Waals surface area (Å²) in [4.78, 5) is 69.5. The molecule has 5 aliphatic heterocycles. The van der Waals surface area contributed by atoms with Crippen LogP contribution in [0.1, 0.15) is 79.7 Å². The molecule has 4 aromatic rings. The van der Waals surface area contributed by atoms with Crippen LogP contribution in [0.15, 0.2) is 70.9 Å². The second-order valence-electron chi connectivity index (χ2n) is 20.7. The third-order valence-corrected chi connectivity index (χ3v) is 16.2. The summed E-state index contributed by atoms with van der Waals surface area (Å²) in [5.41, 5.74) is 7.25. The number of esters is 1. The lowest BCUT2D eigenvalue weighted by molar-refractivity contribution is -0.172. The molecule has 73 heavy (non-hydrogen) atoms. The molecule has 6 aliphatic rings. The first-order valence-electron chi connectivity index (χ1n) is 25.5. The maximum Gasteiger partial charge on any atom is 0.415 e. The summed E-state index contributed by atoms with van der Waals surface area (Å²) in [6.07, 6.45) is 9.30. The Balaban J connectivity index is 0.700. The fraction of sp³-hybridized carbons (Fsp3) is 0.481. The van der Waals surface area contributed by atoms with E-state index in [0.29, 0.717) is 70.5 Å². The van der Waals surface area contributed by atoms with Crippen LogP contribution >= 0.6 is 11.6 Å². The van der Waals surface area contributed by atoms with Crippen LogP contribution < -0.4 is 25.9 Å². The number of ether oxygens (including phenoxy) is 2. The number of cyclic esters (lactones) is 1. The van der Waals surface area contributed by atoms with Crippen molar-refractivity contribution in [3.05, 3.63) is 109 Å². The van der Waals surface area contributed by atoms with E-state index in [2.05, 4.69) is 38.6 Å². The molecule has 3 N–H and O–H groups in total. The maximum absolute atomic E-state index is 13.8. The number of benzene rings is 2. The van der Waals surface area contributed by atoms with E-state index in [1.807, 2.05) is 67.5 Å². The Morgan fingerprint density at radius 1 is 1.00 bits per heavy atom. The minimum Gasteiger partial charge on any atom is -0.458 e. The van der Waals surface area contributed by atoms with E-state index in [9.17, 15) is 29.5 Å². The summed E-state index contributed by atoms with van der Waals surface area (Å²) in [6.45, 7) is 7.64. The van der Waals surface area contributed by atoms with Gasteiger partial charge in [0, 0.05) is 106 Å². The summed E-state index contributed by atoms with van der Waals surface area (Å²) in [6, 6.07) is 15.4. The van der Waals surface area contributed by atoms with Crippen LogP contribution in [0.4, 0.5) is 10.5 Å². The number of aliphatic hydroxyl groups is 1. The van der Waals surface area contributed by atoms with Gasteiger partial charge in [-0.3, -0.25) is 24.9 Å². The second kappa shape index (κ2) is 20.3. The number of carbonyl (C=O) groups is 3. The van der Waals surface area contributed by atoms with Crippen LogP contribution in [0.5, 0.6) is 5.75 Å². The largest absolute Gasteiger partial charge is 0.458 e. The lowest BCUT2D eigenvalue weighted by atomic mass is 9.86. The van der Waals surface area contributed by atoms with Crippen molar-refractivity contribution < 1.29 is 29.0 Å². The number of piperazine rings is 1. The molecule has 1 aliphatic carbocycles. The van der Waals surface area contributed by atoms with Gasteiger partial charge in [-0.05, 0) is 120 Å². The Hall–Kier alpha value is -6.65. The number of pyridine rings is 2. The molecule has 0 bridgehead atoms.